The molecule has 2 heterocycles. The van der Waals surface area contributed by atoms with E-state index < -0.39 is 0 Å². The number of hydrogen-bond donors (Lipinski definition) is 0. The molecule has 0 aromatic carbocycles. The average molecular weight is 221 g/mol. The van der Waals surface area contributed by atoms with Gasteiger partial charge in [0.25, 0.3) is 0 Å². The molecule has 1 atom stereocenters. The Kier molecular flexibility index (Phi) is 3.72. The number of ether oxygens (including phenoxy) is 1. The maximum Gasteiger partial charge on any atom is 0.156 e. The molecule has 1 fully saturated rings. The molecule has 1 aromatic heterocycles. The summed E-state index contributed by atoms with van der Waals surface area (Å²) in [6.07, 6.45) is 7.58. The van der Waals surface area contributed by atoms with E-state index in [0.717, 1.165) is 18.7 Å². The van der Waals surface area contributed by atoms with Crippen LogP contribution in [0.25, 0.3) is 0 Å². The molecule has 0 spiro atoms. The maximum absolute atomic E-state index is 5.87. The van der Waals surface area contributed by atoms with Crippen molar-refractivity contribution in [2.45, 2.75) is 38.8 Å². The zero-order valence-corrected chi connectivity index (χ0v) is 9.97. The van der Waals surface area contributed by atoms with E-state index >= 15 is 0 Å². The molecule has 1 aromatic rings. The van der Waals surface area contributed by atoms with E-state index in [1.807, 2.05) is 0 Å². The SMILES string of the molecule is CC(C)N1CCCC(Oc2cncnc2)C1. The summed E-state index contributed by atoms with van der Waals surface area (Å²) in [5.74, 6) is 0.776. The summed E-state index contributed by atoms with van der Waals surface area (Å²) in [5, 5.41) is 0. The quantitative estimate of drug-likeness (QED) is 0.779. The van der Waals surface area contributed by atoms with Gasteiger partial charge in [0.15, 0.2) is 5.75 Å². The van der Waals surface area contributed by atoms with Gasteiger partial charge in [-0.15, -0.1) is 0 Å². The minimum atomic E-state index is 0.280. The lowest BCUT2D eigenvalue weighted by Gasteiger charge is -2.35. The second-order valence-electron chi connectivity index (χ2n) is 4.54. The Bertz CT molecular complexity index is 315. The number of hydrogen-bond acceptors (Lipinski definition) is 4. The summed E-state index contributed by atoms with van der Waals surface area (Å²) in [6, 6.07) is 0.596. The minimum absolute atomic E-state index is 0.280. The van der Waals surface area contributed by atoms with Gasteiger partial charge in [-0.1, -0.05) is 0 Å². The first-order valence-electron chi connectivity index (χ1n) is 5.91. The van der Waals surface area contributed by atoms with Crippen molar-refractivity contribution < 1.29 is 4.74 Å². The topological polar surface area (TPSA) is 38.2 Å². The highest BCUT2D eigenvalue weighted by atomic mass is 16.5. The van der Waals surface area contributed by atoms with Crippen LogP contribution in [0.3, 0.4) is 0 Å². The summed E-state index contributed by atoms with van der Waals surface area (Å²) in [7, 11) is 0. The van der Waals surface area contributed by atoms with Gasteiger partial charge in [0.2, 0.25) is 0 Å². The first kappa shape index (κ1) is 11.3. The van der Waals surface area contributed by atoms with E-state index in [-0.39, 0.29) is 6.10 Å². The average Bonchev–Trinajstić information content (AvgIpc) is 2.30. The molecule has 1 saturated heterocycles. The van der Waals surface area contributed by atoms with Crippen molar-refractivity contribution in [3.63, 3.8) is 0 Å². The number of aromatic nitrogens is 2. The van der Waals surface area contributed by atoms with Crippen LogP contribution in [0.1, 0.15) is 26.7 Å². The lowest BCUT2D eigenvalue weighted by Crippen LogP contribution is -2.44. The predicted molar refractivity (Wildman–Crippen MR) is 62.4 cm³/mol. The molecular formula is C12H19N3O. The third-order valence-electron chi connectivity index (χ3n) is 2.98. The van der Waals surface area contributed by atoms with Gasteiger partial charge in [0.05, 0.1) is 12.4 Å². The van der Waals surface area contributed by atoms with Gasteiger partial charge < -0.3 is 4.74 Å². The fourth-order valence-electron chi connectivity index (χ4n) is 2.07. The number of likely N-dealkylation sites (tertiary alicyclic amines) is 1. The summed E-state index contributed by atoms with van der Waals surface area (Å²) in [6.45, 7) is 6.65. The Balaban J connectivity index is 1.90. The molecule has 0 aliphatic carbocycles. The highest BCUT2D eigenvalue weighted by Crippen LogP contribution is 2.18. The van der Waals surface area contributed by atoms with Crippen LogP contribution in [0.2, 0.25) is 0 Å². The van der Waals surface area contributed by atoms with Crippen LogP contribution >= 0.6 is 0 Å². The van der Waals surface area contributed by atoms with Crippen LogP contribution in [0.15, 0.2) is 18.7 Å². The Morgan fingerprint density at radius 3 is 2.81 bits per heavy atom. The van der Waals surface area contributed by atoms with Crippen LogP contribution in [0, 0.1) is 0 Å². The summed E-state index contributed by atoms with van der Waals surface area (Å²) in [5.41, 5.74) is 0. The number of nitrogens with zero attached hydrogens (tertiary/aromatic N) is 3. The lowest BCUT2D eigenvalue weighted by molar-refractivity contribution is 0.0701. The van der Waals surface area contributed by atoms with Crippen LogP contribution in [0.5, 0.6) is 5.75 Å². The number of piperidine rings is 1. The van der Waals surface area contributed by atoms with Gasteiger partial charge in [0.1, 0.15) is 12.4 Å². The molecule has 4 nitrogen and oxygen atoms in total. The minimum Gasteiger partial charge on any atom is -0.486 e. The van der Waals surface area contributed by atoms with Crippen LogP contribution in [-0.2, 0) is 0 Å². The molecule has 0 saturated carbocycles. The zero-order chi connectivity index (χ0) is 11.4. The Morgan fingerprint density at radius 2 is 2.12 bits per heavy atom. The Labute approximate surface area is 96.7 Å². The molecule has 0 bridgehead atoms. The molecule has 0 amide bonds. The molecule has 1 unspecified atom stereocenters. The smallest absolute Gasteiger partial charge is 0.156 e. The van der Waals surface area contributed by atoms with E-state index in [1.54, 1.807) is 12.4 Å². The molecule has 0 radical (unpaired) electrons. The monoisotopic (exact) mass is 221 g/mol. The molecule has 0 N–H and O–H groups in total. The molecule has 1 aliphatic rings. The van der Waals surface area contributed by atoms with Gasteiger partial charge in [-0.05, 0) is 33.2 Å². The van der Waals surface area contributed by atoms with E-state index in [4.69, 9.17) is 4.74 Å². The van der Waals surface area contributed by atoms with E-state index in [1.165, 1.54) is 19.3 Å². The van der Waals surface area contributed by atoms with Crippen molar-refractivity contribution in [3.05, 3.63) is 18.7 Å². The van der Waals surface area contributed by atoms with Crippen molar-refractivity contribution in [2.24, 2.45) is 0 Å². The molecule has 88 valence electrons. The predicted octanol–water partition coefficient (Wildman–Crippen LogP) is 1.73. The van der Waals surface area contributed by atoms with Crippen LogP contribution in [0.4, 0.5) is 0 Å². The van der Waals surface area contributed by atoms with Crippen molar-refractivity contribution in [1.82, 2.24) is 14.9 Å². The van der Waals surface area contributed by atoms with Crippen LogP contribution < -0.4 is 4.74 Å². The molecule has 16 heavy (non-hydrogen) atoms. The van der Waals surface area contributed by atoms with Gasteiger partial charge in [-0.2, -0.15) is 0 Å². The molecule has 2 rings (SSSR count). The van der Waals surface area contributed by atoms with E-state index in [0.29, 0.717) is 6.04 Å². The second kappa shape index (κ2) is 5.25. The normalized spacial score (nSPS) is 22.3. The number of rotatable bonds is 3. The standard InChI is InChI=1S/C12H19N3O/c1-10(2)15-5-3-4-11(8-15)16-12-6-13-9-14-7-12/h6-7,9-11H,3-5,8H2,1-2H3. The lowest BCUT2D eigenvalue weighted by atomic mass is 10.1. The molecule has 1 aliphatic heterocycles. The third kappa shape index (κ3) is 2.92. The summed E-state index contributed by atoms with van der Waals surface area (Å²) >= 11 is 0. The van der Waals surface area contributed by atoms with Gasteiger partial charge in [0, 0.05) is 12.6 Å². The molecular weight excluding hydrogens is 202 g/mol. The summed E-state index contributed by atoms with van der Waals surface area (Å²) < 4.78 is 5.87. The summed E-state index contributed by atoms with van der Waals surface area (Å²) in [4.78, 5) is 10.4. The molecule has 4 heteroatoms. The highest BCUT2D eigenvalue weighted by Gasteiger charge is 2.22. The van der Waals surface area contributed by atoms with Crippen molar-refractivity contribution in [1.29, 1.82) is 0 Å². The van der Waals surface area contributed by atoms with Crippen molar-refractivity contribution in [3.8, 4) is 5.75 Å². The fraction of sp³-hybridized carbons (Fsp3) is 0.667. The van der Waals surface area contributed by atoms with E-state index in [2.05, 4.69) is 28.7 Å². The van der Waals surface area contributed by atoms with Gasteiger partial charge in [-0.3, -0.25) is 4.90 Å². The van der Waals surface area contributed by atoms with Gasteiger partial charge >= 0.3 is 0 Å². The van der Waals surface area contributed by atoms with Crippen molar-refractivity contribution >= 4 is 0 Å². The first-order chi connectivity index (χ1) is 7.75. The highest BCUT2D eigenvalue weighted by molar-refractivity contribution is 5.10. The van der Waals surface area contributed by atoms with E-state index in [9.17, 15) is 0 Å². The third-order valence-corrected chi connectivity index (χ3v) is 2.98. The fourth-order valence-corrected chi connectivity index (χ4v) is 2.07. The van der Waals surface area contributed by atoms with Crippen LogP contribution in [-0.4, -0.2) is 40.1 Å². The maximum atomic E-state index is 5.87. The second-order valence-corrected chi connectivity index (χ2v) is 4.54. The van der Waals surface area contributed by atoms with Gasteiger partial charge in [-0.25, -0.2) is 9.97 Å². The Hall–Kier alpha value is -1.16. The Morgan fingerprint density at radius 1 is 1.38 bits per heavy atom. The first-order valence-corrected chi connectivity index (χ1v) is 5.91. The largest absolute Gasteiger partial charge is 0.486 e. The zero-order valence-electron chi connectivity index (χ0n) is 9.97. The van der Waals surface area contributed by atoms with Crippen molar-refractivity contribution in [2.75, 3.05) is 13.1 Å².